The molecule has 0 spiro atoms. The topological polar surface area (TPSA) is 21.3 Å². The zero-order valence-corrected chi connectivity index (χ0v) is 8.54. The lowest BCUT2D eigenvalue weighted by Gasteiger charge is -2.19. The highest BCUT2D eigenvalue weighted by atomic mass is 79.9. The van der Waals surface area contributed by atoms with Gasteiger partial charge in [0.05, 0.1) is 5.69 Å². The number of anilines is 1. The molecule has 0 saturated heterocycles. The van der Waals surface area contributed by atoms with E-state index in [1.807, 2.05) is 18.2 Å². The fourth-order valence-corrected chi connectivity index (χ4v) is 1.59. The minimum absolute atomic E-state index is 0.476. The second-order valence-corrected chi connectivity index (χ2v) is 3.89. The summed E-state index contributed by atoms with van der Waals surface area (Å²) in [6.45, 7) is 0.476. The van der Waals surface area contributed by atoms with Gasteiger partial charge in [0.2, 0.25) is 0 Å². The van der Waals surface area contributed by atoms with Crippen molar-refractivity contribution in [1.29, 1.82) is 0 Å². The van der Waals surface area contributed by atoms with Gasteiger partial charge in [-0.25, -0.2) is 0 Å². The van der Waals surface area contributed by atoms with Crippen LogP contribution in [0.15, 0.2) is 22.7 Å². The van der Waals surface area contributed by atoms with Gasteiger partial charge in [-0.3, -0.25) is 0 Å². The number of benzene rings is 1. The lowest BCUT2D eigenvalue weighted by molar-refractivity contribution is 0.375. The molecule has 1 aliphatic rings. The third-order valence-corrected chi connectivity index (χ3v) is 2.29. The summed E-state index contributed by atoms with van der Waals surface area (Å²) in [4.78, 5) is 0.723. The monoisotopic (exact) mass is 243 g/mol. The number of ether oxygens (including phenoxy) is 1. The van der Waals surface area contributed by atoms with Crippen LogP contribution in [-0.2, 0) is 0 Å². The normalized spacial score (nSPS) is 14.6. The predicted molar refractivity (Wildman–Crippen MR) is 55.9 cm³/mol. The molecule has 0 amide bonds. The van der Waals surface area contributed by atoms with Gasteiger partial charge in [-0.15, -0.1) is 0 Å². The summed E-state index contributed by atoms with van der Waals surface area (Å²) in [6, 6.07) is 5.80. The summed E-state index contributed by atoms with van der Waals surface area (Å²) < 4.78 is 6.38. The van der Waals surface area contributed by atoms with Gasteiger partial charge in [-0.05, 0) is 18.2 Å². The summed E-state index contributed by atoms with van der Waals surface area (Å²) in [5.41, 5.74) is 0.931. The maximum absolute atomic E-state index is 5.37. The van der Waals surface area contributed by atoms with Crippen LogP contribution in [0.2, 0.25) is 0 Å². The maximum atomic E-state index is 5.37. The van der Waals surface area contributed by atoms with Crippen LogP contribution < -0.4 is 10.1 Å². The predicted octanol–water partition coefficient (Wildman–Crippen LogP) is 2.58. The third kappa shape index (κ3) is 1.44. The molecule has 4 heteroatoms. The fraction of sp³-hybridized carbons (Fsp3) is 0.125. The number of hydrogen-bond donors (Lipinski definition) is 1. The molecule has 1 aromatic rings. The highest BCUT2D eigenvalue weighted by Crippen LogP contribution is 2.30. The Morgan fingerprint density at radius 2 is 2.33 bits per heavy atom. The van der Waals surface area contributed by atoms with E-state index in [4.69, 9.17) is 17.0 Å². The van der Waals surface area contributed by atoms with E-state index in [0.717, 1.165) is 20.9 Å². The van der Waals surface area contributed by atoms with E-state index >= 15 is 0 Å². The Morgan fingerprint density at radius 1 is 1.50 bits per heavy atom. The first kappa shape index (κ1) is 8.01. The molecule has 1 aromatic carbocycles. The van der Waals surface area contributed by atoms with E-state index in [-0.39, 0.29) is 0 Å². The number of nitrogens with one attached hydrogen (secondary N) is 1. The Morgan fingerprint density at radius 3 is 3.17 bits per heavy atom. The van der Waals surface area contributed by atoms with Gasteiger partial charge in [0.25, 0.3) is 0 Å². The molecular weight excluding hydrogens is 238 g/mol. The number of thiocarbonyl (C=S) groups is 1. The quantitative estimate of drug-likeness (QED) is 0.709. The molecule has 1 N–H and O–H groups in total. The molecule has 2 nitrogen and oxygen atoms in total. The highest BCUT2D eigenvalue weighted by Gasteiger charge is 2.12. The number of fused-ring (bicyclic) bond motifs is 1. The van der Waals surface area contributed by atoms with E-state index in [9.17, 15) is 0 Å². The van der Waals surface area contributed by atoms with Crippen molar-refractivity contribution in [1.82, 2.24) is 0 Å². The minimum atomic E-state index is 0.476. The number of halogens is 1. The van der Waals surface area contributed by atoms with Crippen molar-refractivity contribution in [3.8, 4) is 5.75 Å². The third-order valence-electron chi connectivity index (χ3n) is 1.57. The van der Waals surface area contributed by atoms with Gasteiger partial charge < -0.3 is 10.1 Å². The molecule has 1 heterocycles. The van der Waals surface area contributed by atoms with Gasteiger partial charge in [0, 0.05) is 4.47 Å². The molecule has 0 fully saturated rings. The van der Waals surface area contributed by atoms with Crippen molar-refractivity contribution in [3.63, 3.8) is 0 Å². The average Bonchev–Trinajstić information content (AvgIpc) is 2.03. The van der Waals surface area contributed by atoms with Crippen LogP contribution in [0.3, 0.4) is 0 Å². The zero-order valence-electron chi connectivity index (χ0n) is 6.13. The lowest BCUT2D eigenvalue weighted by Crippen LogP contribution is -2.23. The van der Waals surface area contributed by atoms with Gasteiger partial charge in [-0.1, -0.05) is 28.1 Å². The van der Waals surface area contributed by atoms with Crippen molar-refractivity contribution in [2.75, 3.05) is 11.9 Å². The van der Waals surface area contributed by atoms with Crippen molar-refractivity contribution < 1.29 is 4.74 Å². The van der Waals surface area contributed by atoms with Crippen LogP contribution in [0.5, 0.6) is 5.75 Å². The minimum Gasteiger partial charge on any atom is -0.484 e. The van der Waals surface area contributed by atoms with Crippen LogP contribution in [0.1, 0.15) is 0 Å². The molecule has 1 aliphatic heterocycles. The molecule has 0 radical (unpaired) electrons. The number of hydrogen-bond acceptors (Lipinski definition) is 2. The summed E-state index contributed by atoms with van der Waals surface area (Å²) >= 11 is 8.35. The van der Waals surface area contributed by atoms with E-state index in [2.05, 4.69) is 21.2 Å². The van der Waals surface area contributed by atoms with Gasteiger partial charge >= 0.3 is 0 Å². The van der Waals surface area contributed by atoms with Crippen molar-refractivity contribution in [2.45, 2.75) is 0 Å². The molecule has 0 unspecified atom stereocenters. The molecule has 0 bridgehead atoms. The average molecular weight is 244 g/mol. The van der Waals surface area contributed by atoms with Crippen LogP contribution >= 0.6 is 28.1 Å². The van der Waals surface area contributed by atoms with E-state index < -0.39 is 0 Å². The molecule has 2 rings (SSSR count). The Labute approximate surface area is 84.0 Å². The SMILES string of the molecule is S=C1COc2ccc(Br)cc2N1. The van der Waals surface area contributed by atoms with E-state index in [1.54, 1.807) is 0 Å². The Kier molecular flexibility index (Phi) is 2.02. The summed E-state index contributed by atoms with van der Waals surface area (Å²) in [5, 5.41) is 3.08. The van der Waals surface area contributed by atoms with Gasteiger partial charge in [0.1, 0.15) is 17.3 Å². The smallest absolute Gasteiger partial charge is 0.143 e. The van der Waals surface area contributed by atoms with Crippen molar-refractivity contribution >= 4 is 38.8 Å². The fourth-order valence-electron chi connectivity index (χ4n) is 1.06. The van der Waals surface area contributed by atoms with E-state index in [0.29, 0.717) is 6.61 Å². The standard InChI is InChI=1S/C8H6BrNOS/c9-5-1-2-7-6(3-5)10-8(12)4-11-7/h1-3H,4H2,(H,10,12). The van der Waals surface area contributed by atoms with Gasteiger partial charge in [-0.2, -0.15) is 0 Å². The van der Waals surface area contributed by atoms with Crippen LogP contribution in [0, 0.1) is 0 Å². The van der Waals surface area contributed by atoms with Crippen LogP contribution in [0.25, 0.3) is 0 Å². The second-order valence-electron chi connectivity index (χ2n) is 2.48. The Hall–Kier alpha value is -0.610. The first-order chi connectivity index (χ1) is 5.75. The summed E-state index contributed by atoms with van der Waals surface area (Å²) in [7, 11) is 0. The Bertz CT molecular complexity index is 340. The van der Waals surface area contributed by atoms with Crippen molar-refractivity contribution in [3.05, 3.63) is 22.7 Å². The molecular formula is C8H6BrNOS. The molecule has 0 saturated carbocycles. The second kappa shape index (κ2) is 3.03. The van der Waals surface area contributed by atoms with Crippen LogP contribution in [0.4, 0.5) is 5.69 Å². The van der Waals surface area contributed by atoms with Gasteiger partial charge in [0.15, 0.2) is 0 Å². The summed E-state index contributed by atoms with van der Waals surface area (Å²) in [5.74, 6) is 0.854. The first-order valence-corrected chi connectivity index (χ1v) is 4.68. The number of rotatable bonds is 0. The summed E-state index contributed by atoms with van der Waals surface area (Å²) in [6.07, 6.45) is 0. The first-order valence-electron chi connectivity index (χ1n) is 3.48. The zero-order chi connectivity index (χ0) is 8.55. The molecule has 0 atom stereocenters. The van der Waals surface area contributed by atoms with Crippen LogP contribution in [-0.4, -0.2) is 11.6 Å². The molecule has 0 aliphatic carbocycles. The highest BCUT2D eigenvalue weighted by molar-refractivity contribution is 9.10. The van der Waals surface area contributed by atoms with Crippen molar-refractivity contribution in [2.24, 2.45) is 0 Å². The Balaban J connectivity index is 2.44. The molecule has 0 aromatic heterocycles. The lowest BCUT2D eigenvalue weighted by atomic mass is 10.2. The van der Waals surface area contributed by atoms with E-state index in [1.165, 1.54) is 0 Å². The molecule has 12 heavy (non-hydrogen) atoms. The molecule has 62 valence electrons. The maximum Gasteiger partial charge on any atom is 0.143 e. The largest absolute Gasteiger partial charge is 0.484 e.